The molecule has 0 bridgehead atoms. The average Bonchev–Trinajstić information content (AvgIpc) is 2.00. The quantitative estimate of drug-likeness (QED) is 0.572. The molecule has 11 heavy (non-hydrogen) atoms. The monoisotopic (exact) mass is 161 g/mol. The molecule has 4 heteroatoms. The molecule has 0 fully saturated rings. The molecule has 0 heterocycles. The average molecular weight is 161 g/mol. The van der Waals surface area contributed by atoms with E-state index < -0.39 is 0 Å². The van der Waals surface area contributed by atoms with Gasteiger partial charge in [-0.25, -0.2) is 0 Å². The number of ether oxygens (including phenoxy) is 1. The van der Waals surface area contributed by atoms with Crippen LogP contribution < -0.4 is 5.32 Å². The van der Waals surface area contributed by atoms with Crippen LogP contribution in [0.2, 0.25) is 0 Å². The van der Waals surface area contributed by atoms with Crippen molar-refractivity contribution in [3.8, 4) is 0 Å². The topological polar surface area (TPSA) is 58.6 Å². The maximum absolute atomic E-state index is 10.9. The summed E-state index contributed by atoms with van der Waals surface area (Å²) in [6.07, 6.45) is 0.348. The Morgan fingerprint density at radius 3 is 2.82 bits per heavy atom. The number of nitrogens with one attached hydrogen (secondary N) is 1. The Kier molecular flexibility index (Phi) is 5.78. The molecule has 0 unspecified atom stereocenters. The van der Waals surface area contributed by atoms with Crippen molar-refractivity contribution in [3.05, 3.63) is 0 Å². The smallest absolute Gasteiger partial charge is 0.222 e. The number of carbonyl (C=O) groups excluding carboxylic acids is 1. The second-order valence-corrected chi connectivity index (χ2v) is 2.39. The lowest BCUT2D eigenvalue weighted by Crippen LogP contribution is -2.35. The number of rotatable bonds is 5. The number of hydrogen-bond donors (Lipinski definition) is 2. The molecule has 1 amide bonds. The second-order valence-electron chi connectivity index (χ2n) is 2.39. The van der Waals surface area contributed by atoms with Crippen molar-refractivity contribution >= 4 is 5.91 Å². The van der Waals surface area contributed by atoms with E-state index in [0.29, 0.717) is 13.0 Å². The minimum Gasteiger partial charge on any atom is -0.394 e. The van der Waals surface area contributed by atoms with Crippen LogP contribution in [0, 0.1) is 0 Å². The van der Waals surface area contributed by atoms with Gasteiger partial charge in [0.2, 0.25) is 5.91 Å². The van der Waals surface area contributed by atoms with Gasteiger partial charge in [-0.15, -0.1) is 0 Å². The zero-order chi connectivity index (χ0) is 8.69. The molecule has 66 valence electrons. The van der Waals surface area contributed by atoms with Crippen molar-refractivity contribution in [2.75, 3.05) is 20.3 Å². The molecular weight excluding hydrogens is 146 g/mol. The van der Waals surface area contributed by atoms with Gasteiger partial charge in [0.05, 0.1) is 13.2 Å². The third-order valence-corrected chi connectivity index (χ3v) is 1.21. The van der Waals surface area contributed by atoms with E-state index in [0.717, 1.165) is 0 Å². The summed E-state index contributed by atoms with van der Waals surface area (Å²) in [6, 6.07) is -0.167. The van der Waals surface area contributed by atoms with Gasteiger partial charge in [0.1, 0.15) is 0 Å². The van der Waals surface area contributed by atoms with Crippen LogP contribution in [-0.2, 0) is 9.53 Å². The molecule has 0 saturated carbocycles. The van der Waals surface area contributed by atoms with Crippen molar-refractivity contribution in [2.45, 2.75) is 19.4 Å². The van der Waals surface area contributed by atoms with Crippen molar-refractivity contribution in [2.24, 2.45) is 0 Å². The Labute approximate surface area is 66.5 Å². The number of methoxy groups -OCH3 is 1. The summed E-state index contributed by atoms with van der Waals surface area (Å²) < 4.78 is 4.70. The van der Waals surface area contributed by atoms with E-state index in [1.54, 1.807) is 14.0 Å². The first-order valence-corrected chi connectivity index (χ1v) is 3.60. The summed E-state index contributed by atoms with van der Waals surface area (Å²) in [5.41, 5.74) is 0. The SMILES string of the molecule is COCCC(=O)N[C@H](C)CO. The fourth-order valence-corrected chi connectivity index (χ4v) is 0.587. The molecule has 2 N–H and O–H groups in total. The molecule has 0 aromatic rings. The molecule has 0 rings (SSSR count). The first kappa shape index (κ1) is 10.4. The van der Waals surface area contributed by atoms with Gasteiger partial charge in [-0.2, -0.15) is 0 Å². The molecular formula is C7H15NO3. The van der Waals surface area contributed by atoms with E-state index in [2.05, 4.69) is 5.32 Å². The molecule has 0 aliphatic heterocycles. The molecule has 0 saturated heterocycles. The maximum atomic E-state index is 10.9. The summed E-state index contributed by atoms with van der Waals surface area (Å²) in [5.74, 6) is -0.0894. The van der Waals surface area contributed by atoms with Gasteiger partial charge in [-0.1, -0.05) is 0 Å². The van der Waals surface area contributed by atoms with Crippen LogP contribution in [0.25, 0.3) is 0 Å². The van der Waals surface area contributed by atoms with E-state index >= 15 is 0 Å². The first-order chi connectivity index (χ1) is 5.20. The lowest BCUT2D eigenvalue weighted by Gasteiger charge is -2.09. The normalized spacial score (nSPS) is 12.6. The van der Waals surface area contributed by atoms with Crippen molar-refractivity contribution in [1.82, 2.24) is 5.32 Å². The maximum Gasteiger partial charge on any atom is 0.222 e. The Morgan fingerprint density at radius 2 is 2.36 bits per heavy atom. The van der Waals surface area contributed by atoms with Gasteiger partial charge in [-0.05, 0) is 6.92 Å². The van der Waals surface area contributed by atoms with Gasteiger partial charge in [0, 0.05) is 19.6 Å². The Hall–Kier alpha value is -0.610. The molecule has 4 nitrogen and oxygen atoms in total. The van der Waals surface area contributed by atoms with Crippen LogP contribution in [-0.4, -0.2) is 37.4 Å². The second kappa shape index (κ2) is 6.12. The van der Waals surface area contributed by atoms with E-state index in [1.807, 2.05) is 0 Å². The largest absolute Gasteiger partial charge is 0.394 e. The third-order valence-electron chi connectivity index (χ3n) is 1.21. The van der Waals surface area contributed by atoms with Gasteiger partial charge in [-0.3, -0.25) is 4.79 Å². The van der Waals surface area contributed by atoms with Crippen LogP contribution in [0.4, 0.5) is 0 Å². The summed E-state index contributed by atoms with van der Waals surface area (Å²) in [7, 11) is 1.54. The number of aliphatic hydroxyl groups excluding tert-OH is 1. The van der Waals surface area contributed by atoms with Crippen molar-refractivity contribution in [1.29, 1.82) is 0 Å². The van der Waals surface area contributed by atoms with Gasteiger partial charge < -0.3 is 15.2 Å². The highest BCUT2D eigenvalue weighted by Crippen LogP contribution is 1.84. The highest BCUT2D eigenvalue weighted by atomic mass is 16.5. The summed E-state index contributed by atoms with van der Waals surface area (Å²) in [6.45, 7) is 2.13. The first-order valence-electron chi connectivity index (χ1n) is 3.60. The number of hydrogen-bond acceptors (Lipinski definition) is 3. The third kappa shape index (κ3) is 5.82. The van der Waals surface area contributed by atoms with E-state index in [-0.39, 0.29) is 18.6 Å². The summed E-state index contributed by atoms with van der Waals surface area (Å²) in [4.78, 5) is 10.9. The zero-order valence-corrected chi connectivity index (χ0v) is 6.96. The van der Waals surface area contributed by atoms with Gasteiger partial charge in [0.15, 0.2) is 0 Å². The lowest BCUT2D eigenvalue weighted by molar-refractivity contribution is -0.122. The van der Waals surface area contributed by atoms with Crippen LogP contribution >= 0.6 is 0 Å². The molecule has 0 aliphatic carbocycles. The molecule has 0 radical (unpaired) electrons. The highest BCUT2D eigenvalue weighted by molar-refractivity contribution is 5.76. The van der Waals surface area contributed by atoms with Crippen LogP contribution in [0.1, 0.15) is 13.3 Å². The fraction of sp³-hybridized carbons (Fsp3) is 0.857. The molecule has 0 spiro atoms. The Bertz CT molecular complexity index is 116. The standard InChI is InChI=1S/C7H15NO3/c1-6(5-9)8-7(10)3-4-11-2/h6,9H,3-5H2,1-2H3,(H,8,10)/t6-/m1/s1. The molecule has 0 aromatic carbocycles. The van der Waals surface area contributed by atoms with E-state index in [1.165, 1.54) is 0 Å². The van der Waals surface area contributed by atoms with E-state index in [9.17, 15) is 4.79 Å². The van der Waals surface area contributed by atoms with E-state index in [4.69, 9.17) is 9.84 Å². The predicted octanol–water partition coefficient (Wildman–Crippen LogP) is -0.480. The molecule has 1 atom stereocenters. The Morgan fingerprint density at radius 1 is 1.73 bits per heavy atom. The van der Waals surface area contributed by atoms with Crippen molar-refractivity contribution in [3.63, 3.8) is 0 Å². The number of aliphatic hydroxyl groups is 1. The zero-order valence-electron chi connectivity index (χ0n) is 6.96. The minimum atomic E-state index is -0.167. The minimum absolute atomic E-state index is 0.0290. The lowest BCUT2D eigenvalue weighted by atomic mass is 10.3. The van der Waals surface area contributed by atoms with Crippen LogP contribution in [0.3, 0.4) is 0 Å². The number of carbonyl (C=O) groups is 1. The molecule has 0 aliphatic rings. The highest BCUT2D eigenvalue weighted by Gasteiger charge is 2.04. The summed E-state index contributed by atoms with van der Waals surface area (Å²) >= 11 is 0. The predicted molar refractivity (Wildman–Crippen MR) is 41.2 cm³/mol. The van der Waals surface area contributed by atoms with Crippen molar-refractivity contribution < 1.29 is 14.6 Å². The molecule has 0 aromatic heterocycles. The van der Waals surface area contributed by atoms with Crippen LogP contribution in [0.15, 0.2) is 0 Å². The number of amides is 1. The van der Waals surface area contributed by atoms with Gasteiger partial charge in [0.25, 0.3) is 0 Å². The Balaban J connectivity index is 3.36. The summed E-state index contributed by atoms with van der Waals surface area (Å²) in [5, 5.41) is 11.2. The fourth-order valence-electron chi connectivity index (χ4n) is 0.587. The van der Waals surface area contributed by atoms with Gasteiger partial charge >= 0.3 is 0 Å². The van der Waals surface area contributed by atoms with Crippen LogP contribution in [0.5, 0.6) is 0 Å².